The van der Waals surface area contributed by atoms with Crippen LogP contribution in [0.4, 0.5) is 5.69 Å². The Labute approximate surface area is 113 Å². The molecule has 1 aromatic heterocycles. The van der Waals surface area contributed by atoms with Crippen molar-refractivity contribution in [3.8, 4) is 0 Å². The van der Waals surface area contributed by atoms with Crippen molar-refractivity contribution < 1.29 is 4.79 Å². The van der Waals surface area contributed by atoms with Crippen molar-refractivity contribution in [2.45, 2.75) is 6.92 Å². The highest BCUT2D eigenvalue weighted by Crippen LogP contribution is 2.31. The van der Waals surface area contributed by atoms with Crippen LogP contribution in [0.5, 0.6) is 0 Å². The van der Waals surface area contributed by atoms with Gasteiger partial charge in [0.2, 0.25) is 5.78 Å². The van der Waals surface area contributed by atoms with Crippen molar-refractivity contribution in [2.24, 2.45) is 0 Å². The van der Waals surface area contributed by atoms with Gasteiger partial charge in [-0.05, 0) is 36.1 Å². The first-order valence-electron chi connectivity index (χ1n) is 4.84. The molecule has 0 saturated carbocycles. The number of nitrogens with two attached hydrogens (primary N) is 1. The molecule has 0 atom stereocenters. The summed E-state index contributed by atoms with van der Waals surface area (Å²) in [6, 6.07) is 4.97. The SMILES string of the molecule is Cc1ccsc1C(=O)c1cc(N)cc(Cl)c1Cl. The van der Waals surface area contributed by atoms with E-state index >= 15 is 0 Å². The number of carbonyl (C=O) groups is 1. The average Bonchev–Trinajstić information content (AvgIpc) is 2.69. The molecule has 0 aliphatic carbocycles. The molecule has 0 amide bonds. The highest BCUT2D eigenvalue weighted by Gasteiger charge is 2.18. The Bertz CT molecular complexity index is 592. The number of nitrogen functional groups attached to an aromatic ring is 1. The summed E-state index contributed by atoms with van der Waals surface area (Å²) in [4.78, 5) is 12.9. The van der Waals surface area contributed by atoms with Crippen LogP contribution in [0, 0.1) is 6.92 Å². The summed E-state index contributed by atoms with van der Waals surface area (Å²) in [5.41, 5.74) is 7.37. The molecule has 17 heavy (non-hydrogen) atoms. The van der Waals surface area contributed by atoms with Gasteiger partial charge >= 0.3 is 0 Å². The van der Waals surface area contributed by atoms with Gasteiger partial charge < -0.3 is 5.73 Å². The lowest BCUT2D eigenvalue weighted by Gasteiger charge is -2.06. The highest BCUT2D eigenvalue weighted by atomic mass is 35.5. The number of benzene rings is 1. The molecule has 0 fully saturated rings. The lowest BCUT2D eigenvalue weighted by atomic mass is 10.1. The normalized spacial score (nSPS) is 10.5. The van der Waals surface area contributed by atoms with E-state index in [2.05, 4.69) is 0 Å². The molecule has 1 heterocycles. The Kier molecular flexibility index (Phi) is 3.43. The van der Waals surface area contributed by atoms with Gasteiger partial charge in [-0.15, -0.1) is 11.3 Å². The maximum atomic E-state index is 12.3. The molecule has 2 N–H and O–H groups in total. The quantitative estimate of drug-likeness (QED) is 0.665. The smallest absolute Gasteiger partial charge is 0.204 e. The summed E-state index contributed by atoms with van der Waals surface area (Å²) < 4.78 is 0. The molecule has 2 rings (SSSR count). The van der Waals surface area contributed by atoms with Crippen LogP contribution in [0.15, 0.2) is 23.6 Å². The molecular formula is C12H9Cl2NOS. The van der Waals surface area contributed by atoms with E-state index in [1.54, 1.807) is 6.07 Å². The maximum Gasteiger partial charge on any atom is 0.204 e. The summed E-state index contributed by atoms with van der Waals surface area (Å²) in [5.74, 6) is -0.142. The van der Waals surface area contributed by atoms with Gasteiger partial charge in [0.05, 0.1) is 14.9 Å². The van der Waals surface area contributed by atoms with Gasteiger partial charge in [-0.2, -0.15) is 0 Å². The fraction of sp³-hybridized carbons (Fsp3) is 0.0833. The number of halogens is 2. The van der Waals surface area contributed by atoms with E-state index in [1.165, 1.54) is 17.4 Å². The molecule has 0 saturated heterocycles. The van der Waals surface area contributed by atoms with E-state index < -0.39 is 0 Å². The summed E-state index contributed by atoms with van der Waals surface area (Å²) >= 11 is 13.3. The molecule has 5 heteroatoms. The molecular weight excluding hydrogens is 277 g/mol. The van der Waals surface area contributed by atoms with Crippen molar-refractivity contribution >= 4 is 46.0 Å². The molecule has 2 nitrogen and oxygen atoms in total. The molecule has 0 aliphatic rings. The molecule has 1 aromatic carbocycles. The highest BCUT2D eigenvalue weighted by molar-refractivity contribution is 7.12. The van der Waals surface area contributed by atoms with E-state index in [0.717, 1.165) is 5.56 Å². The molecule has 0 bridgehead atoms. The Balaban J connectivity index is 2.55. The summed E-state index contributed by atoms with van der Waals surface area (Å²) in [7, 11) is 0. The molecule has 0 unspecified atom stereocenters. The second-order valence-electron chi connectivity index (χ2n) is 3.63. The van der Waals surface area contributed by atoms with Gasteiger partial charge in [0.1, 0.15) is 0 Å². The van der Waals surface area contributed by atoms with Gasteiger partial charge in [0.15, 0.2) is 0 Å². The Morgan fingerprint density at radius 2 is 2.06 bits per heavy atom. The lowest BCUT2D eigenvalue weighted by Crippen LogP contribution is -2.03. The molecule has 0 spiro atoms. The van der Waals surface area contributed by atoms with Crippen molar-refractivity contribution in [3.05, 3.63) is 49.6 Å². The van der Waals surface area contributed by atoms with Gasteiger partial charge in [0.25, 0.3) is 0 Å². The maximum absolute atomic E-state index is 12.3. The zero-order valence-corrected chi connectivity index (χ0v) is 11.3. The van der Waals surface area contributed by atoms with Crippen LogP contribution >= 0.6 is 34.5 Å². The molecule has 0 radical (unpaired) electrons. The van der Waals surface area contributed by atoms with E-state index in [0.29, 0.717) is 21.2 Å². The second-order valence-corrected chi connectivity index (χ2v) is 5.33. The van der Waals surface area contributed by atoms with E-state index in [9.17, 15) is 4.79 Å². The van der Waals surface area contributed by atoms with Gasteiger partial charge in [-0.3, -0.25) is 4.79 Å². The number of hydrogen-bond acceptors (Lipinski definition) is 3. The number of anilines is 1. The van der Waals surface area contributed by atoms with E-state index in [-0.39, 0.29) is 10.8 Å². The topological polar surface area (TPSA) is 43.1 Å². The fourth-order valence-corrected chi connectivity index (χ4v) is 2.80. The number of carbonyl (C=O) groups excluding carboxylic acids is 1. The summed E-state index contributed by atoms with van der Waals surface area (Å²) in [6.07, 6.45) is 0. The average molecular weight is 286 g/mol. The van der Waals surface area contributed by atoms with Crippen molar-refractivity contribution in [3.63, 3.8) is 0 Å². The summed E-state index contributed by atoms with van der Waals surface area (Å²) in [5, 5.41) is 2.41. The standard InChI is InChI=1S/C12H9Cl2NOS/c1-6-2-3-17-12(6)11(16)8-4-7(15)5-9(13)10(8)14/h2-5H,15H2,1H3. The first-order chi connectivity index (χ1) is 8.00. The van der Waals surface area contributed by atoms with Gasteiger partial charge in [-0.1, -0.05) is 23.2 Å². The van der Waals surface area contributed by atoms with E-state index in [1.807, 2.05) is 18.4 Å². The molecule has 0 aliphatic heterocycles. The number of ketones is 1. The first kappa shape index (κ1) is 12.4. The third-order valence-corrected chi connectivity index (χ3v) is 4.18. The van der Waals surface area contributed by atoms with Crippen LogP contribution < -0.4 is 5.73 Å². The minimum Gasteiger partial charge on any atom is -0.399 e. The fourth-order valence-electron chi connectivity index (χ4n) is 1.50. The third-order valence-electron chi connectivity index (χ3n) is 2.36. The number of thiophene rings is 1. The Hall–Kier alpha value is -1.03. The largest absolute Gasteiger partial charge is 0.399 e. The van der Waals surface area contributed by atoms with Crippen molar-refractivity contribution in [1.82, 2.24) is 0 Å². The molecule has 2 aromatic rings. The van der Waals surface area contributed by atoms with Gasteiger partial charge in [0, 0.05) is 11.3 Å². The van der Waals surface area contributed by atoms with Crippen LogP contribution in [0.25, 0.3) is 0 Å². The minimum atomic E-state index is -0.142. The van der Waals surface area contributed by atoms with Gasteiger partial charge in [-0.25, -0.2) is 0 Å². The predicted octanol–water partition coefficient (Wildman–Crippen LogP) is 4.18. The Morgan fingerprint density at radius 3 is 2.65 bits per heavy atom. The monoisotopic (exact) mass is 285 g/mol. The zero-order chi connectivity index (χ0) is 12.6. The van der Waals surface area contributed by atoms with Crippen LogP contribution in [0.1, 0.15) is 20.8 Å². The number of aryl methyl sites for hydroxylation is 1. The second kappa shape index (κ2) is 4.69. The van der Waals surface area contributed by atoms with Crippen LogP contribution in [0.2, 0.25) is 10.0 Å². The zero-order valence-electron chi connectivity index (χ0n) is 8.96. The molecule has 88 valence electrons. The number of hydrogen-bond donors (Lipinski definition) is 1. The Morgan fingerprint density at radius 1 is 1.35 bits per heavy atom. The third kappa shape index (κ3) is 2.32. The minimum absolute atomic E-state index is 0.142. The van der Waals surface area contributed by atoms with E-state index in [4.69, 9.17) is 28.9 Å². The van der Waals surface area contributed by atoms with Crippen LogP contribution in [-0.2, 0) is 0 Å². The van der Waals surface area contributed by atoms with Crippen LogP contribution in [-0.4, -0.2) is 5.78 Å². The predicted molar refractivity (Wildman–Crippen MR) is 73.4 cm³/mol. The summed E-state index contributed by atoms with van der Waals surface area (Å²) in [6.45, 7) is 1.88. The van der Waals surface area contributed by atoms with Crippen LogP contribution in [0.3, 0.4) is 0 Å². The van der Waals surface area contributed by atoms with Crippen molar-refractivity contribution in [2.75, 3.05) is 5.73 Å². The van der Waals surface area contributed by atoms with Crippen molar-refractivity contribution in [1.29, 1.82) is 0 Å². The lowest BCUT2D eigenvalue weighted by molar-refractivity contribution is 0.104. The number of rotatable bonds is 2. The first-order valence-corrected chi connectivity index (χ1v) is 6.47.